The molecule has 0 radical (unpaired) electrons. The van der Waals surface area contributed by atoms with Gasteiger partial charge >= 0.3 is 0 Å². The van der Waals surface area contributed by atoms with Crippen LogP contribution in [0.25, 0.3) is 11.5 Å². The number of hydrogen-bond donors (Lipinski definition) is 0. The van der Waals surface area contributed by atoms with Crippen LogP contribution in [-0.4, -0.2) is 40.6 Å². The SMILES string of the molecule is Cc1cccc(-c2nc(C3CCN(C(=O)COc4ccc(Cl)cc4)CC3)no2)c1. The monoisotopic (exact) mass is 411 g/mol. The number of carbonyl (C=O) groups is 1. The summed E-state index contributed by atoms with van der Waals surface area (Å²) < 4.78 is 11.0. The Kier molecular flexibility index (Phi) is 5.81. The third-order valence-electron chi connectivity index (χ3n) is 5.10. The van der Waals surface area contributed by atoms with E-state index in [1.807, 2.05) is 36.1 Å². The molecule has 0 aliphatic carbocycles. The fraction of sp³-hybridized carbons (Fsp3) is 0.318. The molecule has 2 heterocycles. The maximum atomic E-state index is 12.4. The van der Waals surface area contributed by atoms with E-state index < -0.39 is 0 Å². The molecule has 150 valence electrons. The quantitative estimate of drug-likeness (QED) is 0.619. The van der Waals surface area contributed by atoms with Gasteiger partial charge < -0.3 is 14.2 Å². The Morgan fingerprint density at radius 3 is 2.69 bits per heavy atom. The Morgan fingerprint density at radius 1 is 1.21 bits per heavy atom. The van der Waals surface area contributed by atoms with Crippen LogP contribution in [0.2, 0.25) is 5.02 Å². The molecule has 29 heavy (non-hydrogen) atoms. The highest BCUT2D eigenvalue weighted by Gasteiger charge is 2.27. The number of nitrogens with zero attached hydrogens (tertiary/aromatic N) is 3. The Hall–Kier alpha value is -2.86. The number of aryl methyl sites for hydroxylation is 1. The summed E-state index contributed by atoms with van der Waals surface area (Å²) in [5.41, 5.74) is 2.07. The molecule has 7 heteroatoms. The Morgan fingerprint density at radius 2 is 1.97 bits per heavy atom. The average Bonchev–Trinajstić information content (AvgIpc) is 3.24. The number of piperidine rings is 1. The topological polar surface area (TPSA) is 68.5 Å². The normalized spacial score (nSPS) is 14.8. The molecule has 2 aromatic carbocycles. The van der Waals surface area contributed by atoms with E-state index in [9.17, 15) is 4.79 Å². The fourth-order valence-corrected chi connectivity index (χ4v) is 3.58. The summed E-state index contributed by atoms with van der Waals surface area (Å²) in [5, 5.41) is 4.81. The van der Waals surface area contributed by atoms with Gasteiger partial charge in [0.2, 0.25) is 0 Å². The molecule has 0 unspecified atom stereocenters. The summed E-state index contributed by atoms with van der Waals surface area (Å²) in [5.74, 6) is 2.06. The van der Waals surface area contributed by atoms with Crippen molar-refractivity contribution in [1.29, 1.82) is 0 Å². The largest absolute Gasteiger partial charge is 0.484 e. The third-order valence-corrected chi connectivity index (χ3v) is 5.35. The summed E-state index contributed by atoms with van der Waals surface area (Å²) >= 11 is 5.86. The lowest BCUT2D eigenvalue weighted by molar-refractivity contribution is -0.134. The molecule has 1 saturated heterocycles. The number of benzene rings is 2. The van der Waals surface area contributed by atoms with E-state index in [2.05, 4.69) is 10.1 Å². The van der Waals surface area contributed by atoms with Crippen molar-refractivity contribution in [2.24, 2.45) is 0 Å². The zero-order valence-corrected chi connectivity index (χ0v) is 16.9. The Balaban J connectivity index is 1.30. The van der Waals surface area contributed by atoms with E-state index >= 15 is 0 Å². The highest BCUT2D eigenvalue weighted by Crippen LogP contribution is 2.28. The smallest absolute Gasteiger partial charge is 0.260 e. The van der Waals surface area contributed by atoms with Crippen LogP contribution in [0.15, 0.2) is 53.1 Å². The van der Waals surface area contributed by atoms with E-state index in [0.29, 0.717) is 35.6 Å². The van der Waals surface area contributed by atoms with Crippen molar-refractivity contribution in [3.63, 3.8) is 0 Å². The predicted octanol–water partition coefficient (Wildman–Crippen LogP) is 4.48. The minimum Gasteiger partial charge on any atom is -0.484 e. The summed E-state index contributed by atoms with van der Waals surface area (Å²) in [7, 11) is 0. The first-order chi connectivity index (χ1) is 14.1. The number of likely N-dealkylation sites (tertiary alicyclic amines) is 1. The van der Waals surface area contributed by atoms with Crippen molar-refractivity contribution >= 4 is 17.5 Å². The van der Waals surface area contributed by atoms with E-state index in [4.69, 9.17) is 20.9 Å². The second kappa shape index (κ2) is 8.66. The highest BCUT2D eigenvalue weighted by atomic mass is 35.5. The Bertz CT molecular complexity index is 979. The van der Waals surface area contributed by atoms with Gasteiger partial charge in [0.25, 0.3) is 11.8 Å². The zero-order chi connectivity index (χ0) is 20.2. The van der Waals surface area contributed by atoms with Crippen molar-refractivity contribution in [2.75, 3.05) is 19.7 Å². The summed E-state index contributed by atoms with van der Waals surface area (Å²) in [6.45, 7) is 3.36. The van der Waals surface area contributed by atoms with Gasteiger partial charge in [-0.2, -0.15) is 4.98 Å². The third kappa shape index (κ3) is 4.77. The Labute approximate surface area is 174 Å². The van der Waals surface area contributed by atoms with Gasteiger partial charge in [0, 0.05) is 29.6 Å². The summed E-state index contributed by atoms with van der Waals surface area (Å²) in [6.07, 6.45) is 1.61. The van der Waals surface area contributed by atoms with Crippen molar-refractivity contribution < 1.29 is 14.1 Å². The number of hydrogen-bond acceptors (Lipinski definition) is 5. The van der Waals surface area contributed by atoms with Crippen LogP contribution >= 0.6 is 11.6 Å². The molecule has 0 spiro atoms. The first-order valence-corrected chi connectivity index (χ1v) is 10.0. The maximum absolute atomic E-state index is 12.4. The molecule has 0 N–H and O–H groups in total. The van der Waals surface area contributed by atoms with Crippen molar-refractivity contribution in [2.45, 2.75) is 25.7 Å². The zero-order valence-electron chi connectivity index (χ0n) is 16.2. The lowest BCUT2D eigenvalue weighted by Gasteiger charge is -2.30. The number of halogens is 1. The summed E-state index contributed by atoms with van der Waals surface area (Å²) in [4.78, 5) is 18.8. The van der Waals surface area contributed by atoms with E-state index in [1.165, 1.54) is 0 Å². The number of aromatic nitrogens is 2. The number of ether oxygens (including phenoxy) is 1. The minimum absolute atomic E-state index is 0.0199. The second-order valence-corrected chi connectivity index (χ2v) is 7.66. The van der Waals surface area contributed by atoms with Crippen molar-refractivity contribution in [1.82, 2.24) is 15.0 Å². The molecule has 1 aliphatic rings. The van der Waals surface area contributed by atoms with Gasteiger partial charge in [-0.05, 0) is 56.2 Å². The van der Waals surface area contributed by atoms with Crippen LogP contribution in [0.3, 0.4) is 0 Å². The van der Waals surface area contributed by atoms with Crippen LogP contribution in [0.5, 0.6) is 5.75 Å². The molecule has 3 aromatic rings. The predicted molar refractivity (Wildman–Crippen MR) is 110 cm³/mol. The van der Waals surface area contributed by atoms with Gasteiger partial charge in [0.15, 0.2) is 12.4 Å². The maximum Gasteiger partial charge on any atom is 0.260 e. The number of rotatable bonds is 5. The van der Waals surface area contributed by atoms with Crippen LogP contribution in [0, 0.1) is 6.92 Å². The molecule has 1 aromatic heterocycles. The lowest BCUT2D eigenvalue weighted by atomic mass is 9.96. The van der Waals surface area contributed by atoms with Crippen molar-refractivity contribution in [3.05, 3.63) is 64.9 Å². The molecule has 1 amide bonds. The van der Waals surface area contributed by atoms with Gasteiger partial charge in [-0.25, -0.2) is 0 Å². The summed E-state index contributed by atoms with van der Waals surface area (Å²) in [6, 6.07) is 15.0. The molecule has 0 atom stereocenters. The van der Waals surface area contributed by atoms with Crippen LogP contribution < -0.4 is 4.74 Å². The lowest BCUT2D eigenvalue weighted by Crippen LogP contribution is -2.40. The van der Waals surface area contributed by atoms with Gasteiger partial charge in [-0.15, -0.1) is 0 Å². The molecule has 1 fully saturated rings. The van der Waals surface area contributed by atoms with Gasteiger partial charge in [-0.1, -0.05) is 34.5 Å². The fourth-order valence-electron chi connectivity index (χ4n) is 3.45. The van der Waals surface area contributed by atoms with E-state index in [-0.39, 0.29) is 18.4 Å². The highest BCUT2D eigenvalue weighted by molar-refractivity contribution is 6.30. The number of carbonyl (C=O) groups excluding carboxylic acids is 1. The molecule has 0 bridgehead atoms. The van der Waals surface area contributed by atoms with Crippen LogP contribution in [-0.2, 0) is 4.79 Å². The van der Waals surface area contributed by atoms with E-state index in [0.717, 1.165) is 24.0 Å². The molecule has 6 nitrogen and oxygen atoms in total. The van der Waals surface area contributed by atoms with Gasteiger partial charge in [0.05, 0.1) is 0 Å². The molecular weight excluding hydrogens is 390 g/mol. The molecular formula is C22H22ClN3O3. The standard InChI is InChI=1S/C22H22ClN3O3/c1-15-3-2-4-17(13-15)22-24-21(25-29-22)16-9-11-26(12-10-16)20(27)14-28-19-7-5-18(23)6-8-19/h2-8,13,16H,9-12,14H2,1H3. The van der Waals surface area contributed by atoms with Crippen molar-refractivity contribution in [3.8, 4) is 17.2 Å². The average molecular weight is 412 g/mol. The van der Waals surface area contributed by atoms with Gasteiger partial charge in [-0.3, -0.25) is 4.79 Å². The van der Waals surface area contributed by atoms with Crippen LogP contribution in [0.1, 0.15) is 30.1 Å². The van der Waals surface area contributed by atoms with E-state index in [1.54, 1.807) is 24.3 Å². The van der Waals surface area contributed by atoms with Gasteiger partial charge in [0.1, 0.15) is 5.75 Å². The molecule has 0 saturated carbocycles. The first kappa shape index (κ1) is 19.5. The minimum atomic E-state index is -0.0213. The molecule has 4 rings (SSSR count). The van der Waals surface area contributed by atoms with Crippen LogP contribution in [0.4, 0.5) is 0 Å². The molecule has 1 aliphatic heterocycles. The second-order valence-electron chi connectivity index (χ2n) is 7.22. The number of amides is 1. The first-order valence-electron chi connectivity index (χ1n) is 9.65.